The van der Waals surface area contributed by atoms with Crippen molar-refractivity contribution in [2.24, 2.45) is 5.92 Å². The van der Waals surface area contributed by atoms with Gasteiger partial charge in [0.1, 0.15) is 11.7 Å². The third-order valence-electron chi connectivity index (χ3n) is 2.71. The van der Waals surface area contributed by atoms with Crippen molar-refractivity contribution >= 4 is 0 Å². The number of benzene rings is 1. The highest BCUT2D eigenvalue weighted by molar-refractivity contribution is 5.39. The Kier molecular flexibility index (Phi) is 4.55. The van der Waals surface area contributed by atoms with Gasteiger partial charge in [-0.1, -0.05) is 26.0 Å². The van der Waals surface area contributed by atoms with Crippen LogP contribution in [0.1, 0.15) is 30.9 Å². The molecule has 0 heterocycles. The van der Waals surface area contributed by atoms with Crippen molar-refractivity contribution in [3.05, 3.63) is 29.3 Å². The number of methoxy groups -OCH3 is 1. The second kappa shape index (κ2) is 5.92. The van der Waals surface area contributed by atoms with Gasteiger partial charge in [0.25, 0.3) is 0 Å². The largest absolute Gasteiger partial charge is 0.496 e. The van der Waals surface area contributed by atoms with E-state index in [1.807, 2.05) is 30.3 Å². The highest BCUT2D eigenvalue weighted by Gasteiger charge is 2.12. The molecule has 0 unspecified atom stereocenters. The molecule has 0 amide bonds. The maximum atomic E-state index is 8.82. The second-order valence-corrected chi connectivity index (χ2v) is 4.24. The van der Waals surface area contributed by atoms with E-state index >= 15 is 0 Å². The van der Waals surface area contributed by atoms with Crippen LogP contribution in [-0.4, -0.2) is 7.11 Å². The lowest BCUT2D eigenvalue weighted by Crippen LogP contribution is -2.02. The summed E-state index contributed by atoms with van der Waals surface area (Å²) in [6, 6.07) is 9.90. The summed E-state index contributed by atoms with van der Waals surface area (Å²) in [5.41, 5.74) is 2.11. The first-order valence-corrected chi connectivity index (χ1v) is 5.58. The van der Waals surface area contributed by atoms with Gasteiger partial charge in [-0.15, -0.1) is 0 Å². The van der Waals surface area contributed by atoms with E-state index in [1.165, 1.54) is 5.56 Å². The topological polar surface area (TPSA) is 56.8 Å². The fourth-order valence-corrected chi connectivity index (χ4v) is 1.66. The van der Waals surface area contributed by atoms with Crippen LogP contribution in [0.2, 0.25) is 0 Å². The Morgan fingerprint density at radius 2 is 1.88 bits per heavy atom. The van der Waals surface area contributed by atoms with Crippen molar-refractivity contribution in [1.29, 1.82) is 10.5 Å². The first kappa shape index (κ1) is 13.1. The molecule has 0 saturated heterocycles. The molecule has 1 aromatic rings. The molecule has 0 atom stereocenters. The fraction of sp³-hybridized carbons (Fsp3) is 0.429. The Hall–Kier alpha value is -2.00. The molecule has 0 aliphatic heterocycles. The zero-order valence-corrected chi connectivity index (χ0v) is 10.4. The van der Waals surface area contributed by atoms with E-state index in [2.05, 4.69) is 13.8 Å². The Morgan fingerprint density at radius 3 is 2.35 bits per heavy atom. The van der Waals surface area contributed by atoms with Gasteiger partial charge in [0, 0.05) is 6.42 Å². The molecule has 1 rings (SSSR count). The van der Waals surface area contributed by atoms with Crippen molar-refractivity contribution in [3.63, 3.8) is 0 Å². The molecular formula is C14H16N2O. The number of hydrogen-bond acceptors (Lipinski definition) is 3. The van der Waals surface area contributed by atoms with Crippen LogP contribution in [0.5, 0.6) is 5.75 Å². The number of nitriles is 2. The summed E-state index contributed by atoms with van der Waals surface area (Å²) in [7, 11) is 1.60. The van der Waals surface area contributed by atoms with E-state index in [0.29, 0.717) is 12.3 Å². The second-order valence-electron chi connectivity index (χ2n) is 4.24. The lowest BCUT2D eigenvalue weighted by atomic mass is 9.95. The minimum Gasteiger partial charge on any atom is -0.496 e. The van der Waals surface area contributed by atoms with Crippen LogP contribution >= 0.6 is 0 Å². The quantitative estimate of drug-likeness (QED) is 0.795. The molecule has 0 aromatic heterocycles. The van der Waals surface area contributed by atoms with Gasteiger partial charge in [0.15, 0.2) is 0 Å². The fourth-order valence-electron chi connectivity index (χ4n) is 1.66. The summed E-state index contributed by atoms with van der Waals surface area (Å²) < 4.78 is 5.25. The smallest absolute Gasteiger partial charge is 0.137 e. The molecule has 0 saturated carbocycles. The predicted molar refractivity (Wildman–Crippen MR) is 65.5 cm³/mol. The number of rotatable bonds is 4. The molecular weight excluding hydrogens is 212 g/mol. The van der Waals surface area contributed by atoms with Crippen LogP contribution in [0.25, 0.3) is 0 Å². The molecule has 0 fully saturated rings. The summed E-state index contributed by atoms with van der Waals surface area (Å²) in [4.78, 5) is 0. The van der Waals surface area contributed by atoms with Crippen LogP contribution in [-0.2, 0) is 6.42 Å². The molecule has 3 nitrogen and oxygen atoms in total. The van der Waals surface area contributed by atoms with Crippen molar-refractivity contribution in [2.45, 2.75) is 26.2 Å². The monoisotopic (exact) mass is 228 g/mol. The van der Waals surface area contributed by atoms with Crippen molar-refractivity contribution < 1.29 is 4.74 Å². The van der Waals surface area contributed by atoms with Crippen LogP contribution < -0.4 is 4.74 Å². The lowest BCUT2D eigenvalue weighted by molar-refractivity contribution is 0.408. The van der Waals surface area contributed by atoms with E-state index in [4.69, 9.17) is 15.3 Å². The van der Waals surface area contributed by atoms with Gasteiger partial charge in [0.2, 0.25) is 0 Å². The Morgan fingerprint density at radius 1 is 1.24 bits per heavy atom. The summed E-state index contributed by atoms with van der Waals surface area (Å²) in [6.07, 6.45) is 0.413. The van der Waals surface area contributed by atoms with E-state index in [0.717, 1.165) is 11.3 Å². The molecule has 0 spiro atoms. The summed E-state index contributed by atoms with van der Waals surface area (Å²) >= 11 is 0. The predicted octanol–water partition coefficient (Wildman–Crippen LogP) is 3.02. The molecule has 1 aromatic carbocycles. The first-order valence-electron chi connectivity index (χ1n) is 5.58. The molecule has 17 heavy (non-hydrogen) atoms. The van der Waals surface area contributed by atoms with Crippen LogP contribution in [0, 0.1) is 28.6 Å². The minimum absolute atomic E-state index is 0.413. The van der Waals surface area contributed by atoms with Crippen molar-refractivity contribution in [2.75, 3.05) is 7.11 Å². The highest BCUT2D eigenvalue weighted by atomic mass is 16.5. The summed E-state index contributed by atoms with van der Waals surface area (Å²) in [6.45, 7) is 4.22. The average molecular weight is 228 g/mol. The summed E-state index contributed by atoms with van der Waals surface area (Å²) in [5.74, 6) is 0.540. The van der Waals surface area contributed by atoms with Crippen LogP contribution in [0.15, 0.2) is 18.2 Å². The van der Waals surface area contributed by atoms with E-state index in [-0.39, 0.29) is 0 Å². The van der Waals surface area contributed by atoms with Crippen LogP contribution in [0.3, 0.4) is 0 Å². The molecule has 0 bridgehead atoms. The Bertz CT molecular complexity index is 452. The summed E-state index contributed by atoms with van der Waals surface area (Å²) in [5, 5.41) is 17.6. The van der Waals surface area contributed by atoms with E-state index in [9.17, 15) is 0 Å². The molecule has 0 aliphatic carbocycles. The number of hydrogen-bond donors (Lipinski definition) is 0. The van der Waals surface area contributed by atoms with Crippen LogP contribution in [0.4, 0.5) is 0 Å². The minimum atomic E-state index is -0.619. The Balaban J connectivity index is 3.07. The molecule has 0 radical (unpaired) electrons. The molecule has 0 aliphatic rings. The number of ether oxygens (including phenoxy) is 1. The third kappa shape index (κ3) is 3.23. The van der Waals surface area contributed by atoms with E-state index < -0.39 is 5.92 Å². The molecule has 88 valence electrons. The lowest BCUT2D eigenvalue weighted by Gasteiger charge is -2.12. The molecule has 3 heteroatoms. The van der Waals surface area contributed by atoms with E-state index in [1.54, 1.807) is 7.11 Å². The van der Waals surface area contributed by atoms with Gasteiger partial charge in [-0.3, -0.25) is 0 Å². The maximum absolute atomic E-state index is 8.82. The SMILES string of the molecule is COc1ccc(C(C)C)cc1CC(C#N)C#N. The molecule has 0 N–H and O–H groups in total. The van der Waals surface area contributed by atoms with Crippen molar-refractivity contribution in [1.82, 2.24) is 0 Å². The zero-order chi connectivity index (χ0) is 12.8. The third-order valence-corrected chi connectivity index (χ3v) is 2.71. The normalized spacial score (nSPS) is 10.1. The van der Waals surface area contributed by atoms with Gasteiger partial charge in [-0.05, 0) is 23.1 Å². The number of nitrogens with zero attached hydrogens (tertiary/aromatic N) is 2. The van der Waals surface area contributed by atoms with Gasteiger partial charge in [-0.2, -0.15) is 10.5 Å². The van der Waals surface area contributed by atoms with Gasteiger partial charge < -0.3 is 4.74 Å². The standard InChI is InChI=1S/C14H16N2O/c1-10(2)12-4-5-14(17-3)13(7-12)6-11(8-15)9-16/h4-5,7,10-11H,6H2,1-3H3. The van der Waals surface area contributed by atoms with Gasteiger partial charge in [-0.25, -0.2) is 0 Å². The maximum Gasteiger partial charge on any atom is 0.137 e. The van der Waals surface area contributed by atoms with Crippen molar-refractivity contribution in [3.8, 4) is 17.9 Å². The Labute approximate surface area is 102 Å². The first-order chi connectivity index (χ1) is 8.12. The van der Waals surface area contributed by atoms with Gasteiger partial charge >= 0.3 is 0 Å². The average Bonchev–Trinajstić information content (AvgIpc) is 2.35. The van der Waals surface area contributed by atoms with Gasteiger partial charge in [0.05, 0.1) is 19.2 Å². The highest BCUT2D eigenvalue weighted by Crippen LogP contribution is 2.26. The zero-order valence-electron chi connectivity index (χ0n) is 10.4.